The van der Waals surface area contributed by atoms with Gasteiger partial charge in [-0.05, 0) is 41.0 Å². The molecular formula is C11H24FNO2S. The molecule has 0 saturated heterocycles. The van der Waals surface area contributed by atoms with Gasteiger partial charge in [0.1, 0.15) is 6.17 Å². The Hall–Kier alpha value is -0.160. The van der Waals surface area contributed by atoms with Crippen molar-refractivity contribution in [1.29, 1.82) is 0 Å². The molecule has 0 aromatic rings. The predicted octanol–water partition coefficient (Wildman–Crippen LogP) is 1.93. The van der Waals surface area contributed by atoms with Gasteiger partial charge in [-0.3, -0.25) is 0 Å². The van der Waals surface area contributed by atoms with Crippen LogP contribution in [0, 0.1) is 0 Å². The van der Waals surface area contributed by atoms with Crippen LogP contribution in [0.25, 0.3) is 0 Å². The van der Waals surface area contributed by atoms with E-state index in [1.807, 2.05) is 20.8 Å². The fourth-order valence-electron chi connectivity index (χ4n) is 1.05. The molecule has 5 heteroatoms. The first-order valence-electron chi connectivity index (χ1n) is 5.65. The number of rotatable bonds is 6. The maximum Gasteiger partial charge on any atom is 0.152 e. The molecule has 1 unspecified atom stereocenters. The van der Waals surface area contributed by atoms with E-state index in [-0.39, 0.29) is 24.3 Å². The van der Waals surface area contributed by atoms with Crippen LogP contribution in [0.4, 0.5) is 4.39 Å². The van der Waals surface area contributed by atoms with E-state index >= 15 is 0 Å². The van der Waals surface area contributed by atoms with Crippen LogP contribution in [-0.2, 0) is 9.84 Å². The Kier molecular flexibility index (Phi) is 5.90. The third-order valence-electron chi connectivity index (χ3n) is 2.29. The number of nitrogens with one attached hydrogen (secondary N) is 1. The van der Waals surface area contributed by atoms with Gasteiger partial charge in [-0.15, -0.1) is 0 Å². The molecule has 0 amide bonds. The molecule has 0 rings (SSSR count). The zero-order valence-electron chi connectivity index (χ0n) is 10.9. The summed E-state index contributed by atoms with van der Waals surface area (Å²) in [7, 11) is -3.11. The van der Waals surface area contributed by atoms with Crippen molar-refractivity contribution in [2.45, 2.75) is 58.0 Å². The summed E-state index contributed by atoms with van der Waals surface area (Å²) < 4.78 is 36.3. The fourth-order valence-corrected chi connectivity index (χ4v) is 2.10. The van der Waals surface area contributed by atoms with Crippen LogP contribution < -0.4 is 5.32 Å². The van der Waals surface area contributed by atoms with Gasteiger partial charge in [0, 0.05) is 12.1 Å². The van der Waals surface area contributed by atoms with E-state index in [2.05, 4.69) is 5.32 Å². The Bertz CT molecular complexity index is 294. The van der Waals surface area contributed by atoms with Gasteiger partial charge in [-0.25, -0.2) is 12.8 Å². The second-order valence-corrected chi connectivity index (χ2v) is 8.11. The lowest BCUT2D eigenvalue weighted by Gasteiger charge is -2.22. The van der Waals surface area contributed by atoms with E-state index in [0.717, 1.165) is 0 Å². The van der Waals surface area contributed by atoms with Gasteiger partial charge in [-0.1, -0.05) is 0 Å². The lowest BCUT2D eigenvalue weighted by Crippen LogP contribution is -2.40. The minimum Gasteiger partial charge on any atom is -0.309 e. The van der Waals surface area contributed by atoms with Crippen molar-refractivity contribution in [3.8, 4) is 0 Å². The van der Waals surface area contributed by atoms with Crippen molar-refractivity contribution in [3.63, 3.8) is 0 Å². The smallest absolute Gasteiger partial charge is 0.152 e. The molecule has 0 spiro atoms. The molecule has 3 nitrogen and oxygen atoms in total. The molecule has 0 aromatic carbocycles. The van der Waals surface area contributed by atoms with Crippen LogP contribution in [0.2, 0.25) is 0 Å². The zero-order chi connectivity index (χ0) is 13.0. The van der Waals surface area contributed by atoms with Gasteiger partial charge < -0.3 is 5.32 Å². The van der Waals surface area contributed by atoms with E-state index in [9.17, 15) is 12.8 Å². The third kappa shape index (κ3) is 7.17. The monoisotopic (exact) mass is 253 g/mol. The first kappa shape index (κ1) is 15.8. The lowest BCUT2D eigenvalue weighted by atomic mass is 10.1. The van der Waals surface area contributed by atoms with Crippen molar-refractivity contribution in [2.75, 3.05) is 12.3 Å². The summed E-state index contributed by atoms with van der Waals surface area (Å²) in [5.41, 5.74) is -0.138. The average molecular weight is 253 g/mol. The molecule has 0 aliphatic heterocycles. The second kappa shape index (κ2) is 5.96. The quantitative estimate of drug-likeness (QED) is 0.786. The van der Waals surface area contributed by atoms with Crippen LogP contribution in [0.5, 0.6) is 0 Å². The highest BCUT2D eigenvalue weighted by atomic mass is 32.2. The first-order valence-corrected chi connectivity index (χ1v) is 7.37. The standard InChI is InChI=1S/C11H24FNO2S/c1-9(2)16(14,15)7-6-10(12)8-13-11(3,4)5/h9-10,13H,6-8H2,1-5H3. The highest BCUT2D eigenvalue weighted by molar-refractivity contribution is 7.91. The molecule has 1 atom stereocenters. The van der Waals surface area contributed by atoms with Crippen molar-refractivity contribution in [3.05, 3.63) is 0 Å². The normalized spacial score (nSPS) is 15.4. The Labute approximate surface area is 98.7 Å². The molecule has 1 N–H and O–H groups in total. The number of alkyl halides is 1. The second-order valence-electron chi connectivity index (χ2n) is 5.43. The molecule has 0 saturated carbocycles. The van der Waals surface area contributed by atoms with Crippen molar-refractivity contribution < 1.29 is 12.8 Å². The summed E-state index contributed by atoms with van der Waals surface area (Å²) in [5, 5.41) is 2.60. The topological polar surface area (TPSA) is 46.2 Å². The SMILES string of the molecule is CC(C)S(=O)(=O)CCC(F)CNC(C)(C)C. The van der Waals surface area contributed by atoms with Crippen molar-refractivity contribution in [1.82, 2.24) is 5.32 Å². The summed E-state index contributed by atoms with van der Waals surface area (Å²) in [4.78, 5) is 0. The zero-order valence-corrected chi connectivity index (χ0v) is 11.7. The van der Waals surface area contributed by atoms with Crippen molar-refractivity contribution in [2.24, 2.45) is 0 Å². The van der Waals surface area contributed by atoms with Gasteiger partial charge >= 0.3 is 0 Å². The average Bonchev–Trinajstić information content (AvgIpc) is 2.10. The van der Waals surface area contributed by atoms with Gasteiger partial charge in [0.05, 0.1) is 11.0 Å². The van der Waals surface area contributed by atoms with Crippen LogP contribution >= 0.6 is 0 Å². The summed E-state index contributed by atoms with van der Waals surface area (Å²) in [6.07, 6.45) is -1.03. The summed E-state index contributed by atoms with van der Waals surface area (Å²) >= 11 is 0. The van der Waals surface area contributed by atoms with Crippen molar-refractivity contribution >= 4 is 9.84 Å². The molecular weight excluding hydrogens is 229 g/mol. The van der Waals surface area contributed by atoms with Crippen LogP contribution in [0.1, 0.15) is 41.0 Å². The van der Waals surface area contributed by atoms with Gasteiger partial charge in [-0.2, -0.15) is 0 Å². The predicted molar refractivity (Wildman–Crippen MR) is 66.2 cm³/mol. The van der Waals surface area contributed by atoms with Crippen LogP contribution in [-0.4, -0.2) is 37.7 Å². The highest BCUT2D eigenvalue weighted by Gasteiger charge is 2.19. The maximum atomic E-state index is 13.4. The van der Waals surface area contributed by atoms with Gasteiger partial charge in [0.2, 0.25) is 0 Å². The number of hydrogen-bond acceptors (Lipinski definition) is 3. The lowest BCUT2D eigenvalue weighted by molar-refractivity contribution is 0.280. The molecule has 0 heterocycles. The summed E-state index contributed by atoms with van der Waals surface area (Å²) in [6.45, 7) is 9.29. The van der Waals surface area contributed by atoms with E-state index in [0.29, 0.717) is 0 Å². The molecule has 0 radical (unpaired) electrons. The Balaban J connectivity index is 3.96. The highest BCUT2D eigenvalue weighted by Crippen LogP contribution is 2.08. The van der Waals surface area contributed by atoms with E-state index in [1.165, 1.54) is 0 Å². The minimum absolute atomic E-state index is 0.0718. The van der Waals surface area contributed by atoms with Gasteiger partial charge in [0.25, 0.3) is 0 Å². The number of sulfone groups is 1. The largest absolute Gasteiger partial charge is 0.309 e. The van der Waals surface area contributed by atoms with Crippen LogP contribution in [0.3, 0.4) is 0 Å². The molecule has 16 heavy (non-hydrogen) atoms. The molecule has 0 aliphatic carbocycles. The first-order chi connectivity index (χ1) is 7.04. The third-order valence-corrected chi connectivity index (χ3v) is 4.53. The Morgan fingerprint density at radius 3 is 2.12 bits per heavy atom. The van der Waals surface area contributed by atoms with E-state index in [4.69, 9.17) is 0 Å². The molecule has 0 bridgehead atoms. The molecule has 0 aliphatic rings. The maximum absolute atomic E-state index is 13.4. The van der Waals surface area contributed by atoms with Gasteiger partial charge in [0.15, 0.2) is 9.84 Å². The molecule has 98 valence electrons. The van der Waals surface area contributed by atoms with Crippen LogP contribution in [0.15, 0.2) is 0 Å². The molecule has 0 fully saturated rings. The summed E-state index contributed by atoms with van der Waals surface area (Å²) in [6, 6.07) is 0. The molecule has 0 aromatic heterocycles. The number of hydrogen-bond donors (Lipinski definition) is 1. The van der Waals surface area contributed by atoms with E-state index < -0.39 is 21.3 Å². The fraction of sp³-hybridized carbons (Fsp3) is 1.00. The summed E-state index contributed by atoms with van der Waals surface area (Å²) in [5.74, 6) is -0.0718. The minimum atomic E-state index is -3.11. The van der Waals surface area contributed by atoms with E-state index in [1.54, 1.807) is 13.8 Å². The Morgan fingerprint density at radius 2 is 1.75 bits per heavy atom. The Morgan fingerprint density at radius 1 is 1.25 bits per heavy atom. The number of halogens is 1.